The molecule has 1 aromatic rings. The Morgan fingerprint density at radius 1 is 1.00 bits per heavy atom. The molecule has 0 amide bonds. The van der Waals surface area contributed by atoms with Crippen LogP contribution in [-0.4, -0.2) is 18.1 Å². The first-order valence-electron chi connectivity index (χ1n) is 7.25. The minimum Gasteiger partial charge on any atom is -0.384 e. The van der Waals surface area contributed by atoms with Gasteiger partial charge < -0.3 is 10.6 Å². The molecular weight excluding hydrogens is 222 g/mol. The minimum absolute atomic E-state index is 0.630. The predicted molar refractivity (Wildman–Crippen MR) is 75.6 cm³/mol. The SMILES string of the molecule is Nc1cccc(N2CCC3(CCCCC3)CC2)n1. The highest BCUT2D eigenvalue weighted by molar-refractivity contribution is 5.45. The first kappa shape index (κ1) is 11.8. The van der Waals surface area contributed by atoms with Gasteiger partial charge in [-0.25, -0.2) is 4.98 Å². The van der Waals surface area contributed by atoms with Gasteiger partial charge in [0.2, 0.25) is 0 Å². The van der Waals surface area contributed by atoms with E-state index in [-0.39, 0.29) is 0 Å². The summed E-state index contributed by atoms with van der Waals surface area (Å²) in [5, 5.41) is 0. The number of nitrogens with zero attached hydrogens (tertiary/aromatic N) is 2. The number of aromatic nitrogens is 1. The summed E-state index contributed by atoms with van der Waals surface area (Å²) < 4.78 is 0. The summed E-state index contributed by atoms with van der Waals surface area (Å²) in [5.41, 5.74) is 6.43. The molecule has 3 rings (SSSR count). The molecule has 3 nitrogen and oxygen atoms in total. The van der Waals surface area contributed by atoms with Gasteiger partial charge >= 0.3 is 0 Å². The van der Waals surface area contributed by atoms with Gasteiger partial charge in [0.05, 0.1) is 0 Å². The quantitative estimate of drug-likeness (QED) is 0.826. The van der Waals surface area contributed by atoms with E-state index < -0.39 is 0 Å². The normalized spacial score (nSPS) is 23.2. The molecule has 0 unspecified atom stereocenters. The van der Waals surface area contributed by atoms with E-state index in [1.165, 1.54) is 44.9 Å². The highest BCUT2D eigenvalue weighted by Crippen LogP contribution is 2.44. The van der Waals surface area contributed by atoms with Crippen LogP contribution in [0.5, 0.6) is 0 Å². The molecule has 3 heteroatoms. The molecule has 2 fully saturated rings. The number of nitrogens with two attached hydrogens (primary N) is 1. The average Bonchev–Trinajstić information content (AvgIpc) is 2.40. The maximum Gasteiger partial charge on any atom is 0.130 e. The Hall–Kier alpha value is -1.25. The second-order valence-corrected chi connectivity index (χ2v) is 5.97. The fourth-order valence-electron chi connectivity index (χ4n) is 3.63. The Balaban J connectivity index is 1.66. The summed E-state index contributed by atoms with van der Waals surface area (Å²) in [7, 11) is 0. The molecule has 2 N–H and O–H groups in total. The molecule has 0 aromatic carbocycles. The van der Waals surface area contributed by atoms with Crippen LogP contribution in [0.3, 0.4) is 0 Å². The van der Waals surface area contributed by atoms with E-state index in [0.717, 1.165) is 18.9 Å². The molecule has 0 bridgehead atoms. The third-order valence-electron chi connectivity index (χ3n) is 4.82. The Kier molecular flexibility index (Phi) is 3.14. The van der Waals surface area contributed by atoms with E-state index in [1.807, 2.05) is 12.1 Å². The molecule has 0 radical (unpaired) electrons. The predicted octanol–water partition coefficient (Wildman–Crippen LogP) is 3.21. The van der Waals surface area contributed by atoms with Crippen molar-refractivity contribution in [3.05, 3.63) is 18.2 Å². The number of rotatable bonds is 1. The molecule has 2 heterocycles. The van der Waals surface area contributed by atoms with Crippen LogP contribution in [0.1, 0.15) is 44.9 Å². The fraction of sp³-hybridized carbons (Fsp3) is 0.667. The van der Waals surface area contributed by atoms with Crippen LogP contribution in [-0.2, 0) is 0 Å². The van der Waals surface area contributed by atoms with Crippen molar-refractivity contribution < 1.29 is 0 Å². The Labute approximate surface area is 109 Å². The number of pyridine rings is 1. The molecule has 1 aliphatic carbocycles. The maximum absolute atomic E-state index is 5.76. The van der Waals surface area contributed by atoms with Crippen LogP contribution in [0.4, 0.5) is 11.6 Å². The van der Waals surface area contributed by atoms with Crippen LogP contribution in [0.2, 0.25) is 0 Å². The van der Waals surface area contributed by atoms with Gasteiger partial charge in [-0.15, -0.1) is 0 Å². The largest absolute Gasteiger partial charge is 0.384 e. The fourth-order valence-corrected chi connectivity index (χ4v) is 3.63. The van der Waals surface area contributed by atoms with Gasteiger partial charge in [-0.3, -0.25) is 0 Å². The van der Waals surface area contributed by atoms with Crippen molar-refractivity contribution in [2.75, 3.05) is 23.7 Å². The lowest BCUT2D eigenvalue weighted by Gasteiger charge is -2.44. The van der Waals surface area contributed by atoms with Crippen LogP contribution in [0.15, 0.2) is 18.2 Å². The van der Waals surface area contributed by atoms with Gasteiger partial charge in [-0.2, -0.15) is 0 Å². The van der Waals surface area contributed by atoms with E-state index in [9.17, 15) is 0 Å². The van der Waals surface area contributed by atoms with E-state index in [1.54, 1.807) is 0 Å². The summed E-state index contributed by atoms with van der Waals surface area (Å²) in [6.07, 6.45) is 9.90. The van der Waals surface area contributed by atoms with Crippen molar-refractivity contribution in [1.29, 1.82) is 0 Å². The van der Waals surface area contributed by atoms with Gasteiger partial charge in [0.1, 0.15) is 11.6 Å². The maximum atomic E-state index is 5.76. The standard InChI is InChI=1S/C15H23N3/c16-13-5-4-6-14(17-13)18-11-9-15(10-12-18)7-2-1-3-8-15/h4-6H,1-3,7-12H2,(H2,16,17). The Morgan fingerprint density at radius 3 is 2.39 bits per heavy atom. The van der Waals surface area contributed by atoms with Crippen molar-refractivity contribution in [2.24, 2.45) is 5.41 Å². The summed E-state index contributed by atoms with van der Waals surface area (Å²) >= 11 is 0. The van der Waals surface area contributed by atoms with E-state index in [2.05, 4.69) is 16.0 Å². The lowest BCUT2D eigenvalue weighted by Crippen LogP contribution is -2.41. The van der Waals surface area contributed by atoms with Crippen molar-refractivity contribution in [2.45, 2.75) is 44.9 Å². The first-order valence-corrected chi connectivity index (χ1v) is 7.25. The second-order valence-electron chi connectivity index (χ2n) is 5.97. The number of nitrogen functional groups attached to an aromatic ring is 1. The molecule has 1 aliphatic heterocycles. The van der Waals surface area contributed by atoms with Gasteiger partial charge in [0.25, 0.3) is 0 Å². The van der Waals surface area contributed by atoms with E-state index in [4.69, 9.17) is 5.73 Å². The Bertz CT molecular complexity index is 400. The smallest absolute Gasteiger partial charge is 0.130 e. The molecule has 1 aromatic heterocycles. The summed E-state index contributed by atoms with van der Waals surface area (Å²) in [4.78, 5) is 6.83. The minimum atomic E-state index is 0.630. The van der Waals surface area contributed by atoms with Crippen molar-refractivity contribution in [3.63, 3.8) is 0 Å². The highest BCUT2D eigenvalue weighted by atomic mass is 15.2. The molecular formula is C15H23N3. The third kappa shape index (κ3) is 2.31. The van der Waals surface area contributed by atoms with Gasteiger partial charge in [-0.1, -0.05) is 25.3 Å². The topological polar surface area (TPSA) is 42.1 Å². The van der Waals surface area contributed by atoms with Crippen LogP contribution in [0.25, 0.3) is 0 Å². The second kappa shape index (κ2) is 4.79. The number of anilines is 2. The Morgan fingerprint density at radius 2 is 1.72 bits per heavy atom. The number of hydrogen-bond donors (Lipinski definition) is 1. The third-order valence-corrected chi connectivity index (χ3v) is 4.82. The van der Waals surface area contributed by atoms with Gasteiger partial charge in [0.15, 0.2) is 0 Å². The lowest BCUT2D eigenvalue weighted by molar-refractivity contribution is 0.144. The summed E-state index contributed by atoms with van der Waals surface area (Å²) in [6, 6.07) is 5.94. The molecule has 0 atom stereocenters. The molecule has 1 saturated carbocycles. The van der Waals surface area contributed by atoms with Crippen LogP contribution in [0, 0.1) is 5.41 Å². The summed E-state index contributed by atoms with van der Waals surface area (Å²) in [5.74, 6) is 1.69. The van der Waals surface area contributed by atoms with E-state index in [0.29, 0.717) is 11.2 Å². The number of piperidine rings is 1. The molecule has 1 saturated heterocycles. The zero-order valence-corrected chi connectivity index (χ0v) is 11.1. The van der Waals surface area contributed by atoms with Gasteiger partial charge in [-0.05, 0) is 43.2 Å². The first-order chi connectivity index (χ1) is 8.77. The van der Waals surface area contributed by atoms with Crippen LogP contribution >= 0.6 is 0 Å². The van der Waals surface area contributed by atoms with Crippen molar-refractivity contribution in [3.8, 4) is 0 Å². The summed E-state index contributed by atoms with van der Waals surface area (Å²) in [6.45, 7) is 2.30. The molecule has 1 spiro atoms. The van der Waals surface area contributed by atoms with Crippen molar-refractivity contribution >= 4 is 11.6 Å². The van der Waals surface area contributed by atoms with E-state index >= 15 is 0 Å². The average molecular weight is 245 g/mol. The number of hydrogen-bond acceptors (Lipinski definition) is 3. The zero-order valence-electron chi connectivity index (χ0n) is 11.1. The monoisotopic (exact) mass is 245 g/mol. The zero-order chi connectivity index (χ0) is 12.4. The lowest BCUT2D eigenvalue weighted by atomic mass is 9.68. The van der Waals surface area contributed by atoms with Gasteiger partial charge in [0, 0.05) is 13.1 Å². The van der Waals surface area contributed by atoms with Crippen LogP contribution < -0.4 is 10.6 Å². The highest BCUT2D eigenvalue weighted by Gasteiger charge is 2.35. The molecule has 2 aliphatic rings. The molecule has 98 valence electrons. The van der Waals surface area contributed by atoms with Crippen molar-refractivity contribution in [1.82, 2.24) is 4.98 Å². The molecule has 18 heavy (non-hydrogen) atoms.